The van der Waals surface area contributed by atoms with E-state index < -0.39 is 0 Å². The average Bonchev–Trinajstić information content (AvgIpc) is 2.26. The molecule has 14 heavy (non-hydrogen) atoms. The molecule has 0 aliphatic rings. The van der Waals surface area contributed by atoms with Gasteiger partial charge in [0.2, 0.25) is 0 Å². The van der Waals surface area contributed by atoms with Crippen LogP contribution in [0.15, 0.2) is 42.6 Å². The fraction of sp³-hybridized carbons (Fsp3) is 0. The predicted molar refractivity (Wildman–Crippen MR) is 56.8 cm³/mol. The normalized spacial score (nSPS) is 10.9. The Bertz CT molecular complexity index is 488. The molecule has 0 aliphatic heterocycles. The van der Waals surface area contributed by atoms with Crippen molar-refractivity contribution in [3.63, 3.8) is 0 Å². The number of aromatic nitrogens is 1. The van der Waals surface area contributed by atoms with Crippen LogP contribution in [0.25, 0.3) is 17.0 Å². The highest BCUT2D eigenvalue weighted by atomic mass is 16.1. The number of hydrogen-bond donors (Lipinski definition) is 0. The SMILES string of the molecule is O=CC=Cc1ccc2cccnc2c1. The standard InChI is InChI=1S/C12H9NO/c14-8-2-3-10-5-6-11-4-1-7-13-12(11)9-10/h1-9H. The lowest BCUT2D eigenvalue weighted by atomic mass is 10.1. The summed E-state index contributed by atoms with van der Waals surface area (Å²) in [7, 11) is 0. The highest BCUT2D eigenvalue weighted by Crippen LogP contribution is 2.13. The molecule has 0 N–H and O–H groups in total. The van der Waals surface area contributed by atoms with Crippen molar-refractivity contribution in [1.29, 1.82) is 0 Å². The minimum absolute atomic E-state index is 0.766. The number of allylic oxidation sites excluding steroid dienone is 1. The van der Waals surface area contributed by atoms with Crippen LogP contribution in [-0.4, -0.2) is 11.3 Å². The predicted octanol–water partition coefficient (Wildman–Crippen LogP) is 2.45. The van der Waals surface area contributed by atoms with Crippen molar-refractivity contribution in [2.24, 2.45) is 0 Å². The molecule has 2 rings (SSSR count). The third-order valence-corrected chi connectivity index (χ3v) is 2.00. The van der Waals surface area contributed by atoms with E-state index in [1.54, 1.807) is 12.3 Å². The molecular formula is C12H9NO. The van der Waals surface area contributed by atoms with Gasteiger partial charge in [-0.3, -0.25) is 9.78 Å². The fourth-order valence-electron chi connectivity index (χ4n) is 1.34. The van der Waals surface area contributed by atoms with Crippen molar-refractivity contribution in [3.05, 3.63) is 48.2 Å². The first-order chi connectivity index (χ1) is 6.90. The van der Waals surface area contributed by atoms with E-state index in [-0.39, 0.29) is 0 Å². The van der Waals surface area contributed by atoms with Crippen LogP contribution < -0.4 is 0 Å². The summed E-state index contributed by atoms with van der Waals surface area (Å²) >= 11 is 0. The van der Waals surface area contributed by atoms with Crippen LogP contribution in [0.2, 0.25) is 0 Å². The summed E-state index contributed by atoms with van der Waals surface area (Å²) < 4.78 is 0. The highest BCUT2D eigenvalue weighted by molar-refractivity contribution is 5.82. The van der Waals surface area contributed by atoms with Crippen LogP contribution in [0.5, 0.6) is 0 Å². The number of fused-ring (bicyclic) bond motifs is 1. The van der Waals surface area contributed by atoms with Gasteiger partial charge in [-0.05, 0) is 23.8 Å². The molecule has 1 aromatic carbocycles. The molecule has 68 valence electrons. The Kier molecular flexibility index (Phi) is 2.36. The number of aldehydes is 1. The zero-order chi connectivity index (χ0) is 9.80. The Hall–Kier alpha value is -1.96. The summed E-state index contributed by atoms with van der Waals surface area (Å²) in [6, 6.07) is 9.82. The van der Waals surface area contributed by atoms with Gasteiger partial charge in [-0.15, -0.1) is 0 Å². The van der Waals surface area contributed by atoms with Crippen LogP contribution in [-0.2, 0) is 4.79 Å². The molecule has 2 heteroatoms. The molecule has 1 aromatic heterocycles. The molecule has 0 saturated heterocycles. The van der Waals surface area contributed by atoms with Crippen molar-refractivity contribution < 1.29 is 4.79 Å². The molecule has 0 unspecified atom stereocenters. The first kappa shape index (κ1) is 8.63. The zero-order valence-electron chi connectivity index (χ0n) is 7.55. The molecule has 2 nitrogen and oxygen atoms in total. The number of carbonyl (C=O) groups excluding carboxylic acids is 1. The molecule has 2 aromatic rings. The molecule has 0 radical (unpaired) electrons. The third kappa shape index (κ3) is 1.69. The van der Waals surface area contributed by atoms with E-state index in [2.05, 4.69) is 4.98 Å². The van der Waals surface area contributed by atoms with Crippen molar-refractivity contribution in [3.8, 4) is 0 Å². The van der Waals surface area contributed by atoms with Gasteiger partial charge >= 0.3 is 0 Å². The topological polar surface area (TPSA) is 30.0 Å². The number of carbonyl (C=O) groups is 1. The van der Waals surface area contributed by atoms with E-state index in [1.807, 2.05) is 30.3 Å². The van der Waals surface area contributed by atoms with Gasteiger partial charge in [0.05, 0.1) is 5.52 Å². The van der Waals surface area contributed by atoms with Crippen LogP contribution in [0.4, 0.5) is 0 Å². The maximum atomic E-state index is 10.1. The van der Waals surface area contributed by atoms with Gasteiger partial charge in [0.1, 0.15) is 6.29 Å². The molecule has 0 aliphatic carbocycles. The number of benzene rings is 1. The Morgan fingerprint density at radius 1 is 1.21 bits per heavy atom. The molecule has 1 heterocycles. The zero-order valence-corrected chi connectivity index (χ0v) is 7.55. The summed E-state index contributed by atoms with van der Waals surface area (Å²) in [6.45, 7) is 0. The second kappa shape index (κ2) is 3.83. The van der Waals surface area contributed by atoms with Crippen molar-refractivity contribution in [2.45, 2.75) is 0 Å². The first-order valence-electron chi connectivity index (χ1n) is 4.37. The van der Waals surface area contributed by atoms with Crippen molar-refractivity contribution in [2.75, 3.05) is 0 Å². The lowest BCUT2D eigenvalue weighted by Crippen LogP contribution is -1.78. The van der Waals surface area contributed by atoms with E-state index in [0.717, 1.165) is 22.8 Å². The van der Waals surface area contributed by atoms with Crippen LogP contribution >= 0.6 is 0 Å². The van der Waals surface area contributed by atoms with Crippen molar-refractivity contribution in [1.82, 2.24) is 4.98 Å². The molecule has 0 bridgehead atoms. The Balaban J connectivity index is 2.51. The quantitative estimate of drug-likeness (QED) is 0.528. The maximum Gasteiger partial charge on any atom is 0.142 e. The third-order valence-electron chi connectivity index (χ3n) is 2.00. The second-order valence-electron chi connectivity index (χ2n) is 2.95. The molecule has 0 saturated carbocycles. The monoisotopic (exact) mass is 183 g/mol. The number of hydrogen-bond acceptors (Lipinski definition) is 2. The Labute approximate surface area is 81.9 Å². The molecular weight excluding hydrogens is 174 g/mol. The lowest BCUT2D eigenvalue weighted by molar-refractivity contribution is -0.104. The Morgan fingerprint density at radius 2 is 2.14 bits per heavy atom. The van der Waals surface area contributed by atoms with Crippen LogP contribution in [0.3, 0.4) is 0 Å². The number of rotatable bonds is 2. The summed E-state index contributed by atoms with van der Waals surface area (Å²) in [4.78, 5) is 14.4. The van der Waals surface area contributed by atoms with E-state index in [1.165, 1.54) is 6.08 Å². The molecule has 0 spiro atoms. The summed E-state index contributed by atoms with van der Waals surface area (Å²) in [5, 5.41) is 1.11. The molecule has 0 amide bonds. The molecule has 0 atom stereocenters. The summed E-state index contributed by atoms with van der Waals surface area (Å²) in [5.74, 6) is 0. The number of pyridine rings is 1. The van der Waals surface area contributed by atoms with E-state index in [0.29, 0.717) is 0 Å². The maximum absolute atomic E-state index is 10.1. The van der Waals surface area contributed by atoms with Gasteiger partial charge in [-0.2, -0.15) is 0 Å². The van der Waals surface area contributed by atoms with Crippen LogP contribution in [0.1, 0.15) is 5.56 Å². The van der Waals surface area contributed by atoms with Gasteiger partial charge in [-0.25, -0.2) is 0 Å². The van der Waals surface area contributed by atoms with Gasteiger partial charge in [0.25, 0.3) is 0 Å². The minimum Gasteiger partial charge on any atom is -0.299 e. The second-order valence-corrected chi connectivity index (χ2v) is 2.95. The first-order valence-corrected chi connectivity index (χ1v) is 4.37. The van der Waals surface area contributed by atoms with E-state index >= 15 is 0 Å². The van der Waals surface area contributed by atoms with Gasteiger partial charge in [-0.1, -0.05) is 24.3 Å². The van der Waals surface area contributed by atoms with Gasteiger partial charge in [0, 0.05) is 11.6 Å². The fourth-order valence-corrected chi connectivity index (χ4v) is 1.34. The summed E-state index contributed by atoms with van der Waals surface area (Å²) in [6.07, 6.45) is 5.77. The van der Waals surface area contributed by atoms with Crippen LogP contribution in [0, 0.1) is 0 Å². The van der Waals surface area contributed by atoms with Crippen molar-refractivity contribution >= 4 is 23.3 Å². The largest absolute Gasteiger partial charge is 0.299 e. The number of nitrogens with zero attached hydrogens (tertiary/aromatic N) is 1. The smallest absolute Gasteiger partial charge is 0.142 e. The Morgan fingerprint density at radius 3 is 3.00 bits per heavy atom. The minimum atomic E-state index is 0.766. The molecule has 0 fully saturated rings. The van der Waals surface area contributed by atoms with Gasteiger partial charge < -0.3 is 0 Å². The highest BCUT2D eigenvalue weighted by Gasteiger charge is 1.93. The average molecular weight is 183 g/mol. The van der Waals surface area contributed by atoms with Gasteiger partial charge in [0.15, 0.2) is 0 Å². The van der Waals surface area contributed by atoms with E-state index in [4.69, 9.17) is 0 Å². The lowest BCUT2D eigenvalue weighted by Gasteiger charge is -1.97. The van der Waals surface area contributed by atoms with E-state index in [9.17, 15) is 4.79 Å². The summed E-state index contributed by atoms with van der Waals surface area (Å²) in [5.41, 5.74) is 1.93.